The summed E-state index contributed by atoms with van der Waals surface area (Å²) < 4.78 is 6.41. The van der Waals surface area contributed by atoms with Gasteiger partial charge in [-0.25, -0.2) is 0 Å². The van der Waals surface area contributed by atoms with Crippen molar-refractivity contribution >= 4 is 27.5 Å². The summed E-state index contributed by atoms with van der Waals surface area (Å²) in [6, 6.07) is 13.9. The van der Waals surface area contributed by atoms with E-state index in [1.165, 1.54) is 0 Å². The molecular formula is C17H16BrNO2. The van der Waals surface area contributed by atoms with Crippen molar-refractivity contribution in [3.05, 3.63) is 58.1 Å². The number of rotatable bonds is 3. The van der Waals surface area contributed by atoms with Gasteiger partial charge in [-0.2, -0.15) is 0 Å². The molecular weight excluding hydrogens is 330 g/mol. The first-order valence-corrected chi connectivity index (χ1v) is 7.60. The second-order valence-electron chi connectivity index (χ2n) is 5.17. The zero-order chi connectivity index (χ0) is 15.0. The fourth-order valence-corrected chi connectivity index (χ4v) is 3.31. The lowest BCUT2D eigenvalue weighted by molar-refractivity contribution is -0.119. The molecule has 21 heavy (non-hydrogen) atoms. The molecule has 3 rings (SSSR count). The fourth-order valence-electron chi connectivity index (χ4n) is 2.90. The van der Waals surface area contributed by atoms with Crippen LogP contribution in [0.25, 0.3) is 0 Å². The maximum absolute atomic E-state index is 12.5. The quantitative estimate of drug-likeness (QED) is 0.847. The number of benzene rings is 2. The minimum absolute atomic E-state index is 0.137. The number of carbonyl (C=O) groups is 1. The number of para-hydroxylation sites is 1. The van der Waals surface area contributed by atoms with Gasteiger partial charge in [0.15, 0.2) is 0 Å². The van der Waals surface area contributed by atoms with Gasteiger partial charge < -0.3 is 9.64 Å². The van der Waals surface area contributed by atoms with Crippen molar-refractivity contribution in [3.8, 4) is 5.75 Å². The normalized spacial score (nSPS) is 17.0. The monoisotopic (exact) mass is 345 g/mol. The van der Waals surface area contributed by atoms with Crippen LogP contribution < -0.4 is 9.64 Å². The topological polar surface area (TPSA) is 29.5 Å². The molecule has 2 aromatic carbocycles. The molecule has 2 aromatic rings. The van der Waals surface area contributed by atoms with E-state index in [4.69, 9.17) is 4.74 Å². The number of anilines is 1. The lowest BCUT2D eigenvalue weighted by Gasteiger charge is -2.14. The van der Waals surface area contributed by atoms with E-state index in [0.29, 0.717) is 6.42 Å². The van der Waals surface area contributed by atoms with E-state index in [0.717, 1.165) is 27.0 Å². The zero-order valence-electron chi connectivity index (χ0n) is 12.0. The number of halogens is 1. The number of hydrogen-bond acceptors (Lipinski definition) is 2. The summed E-state index contributed by atoms with van der Waals surface area (Å²) in [4.78, 5) is 14.3. The van der Waals surface area contributed by atoms with Gasteiger partial charge in [0.05, 0.1) is 13.0 Å². The van der Waals surface area contributed by atoms with Crippen LogP contribution in [0.1, 0.15) is 17.0 Å². The molecule has 0 bridgehead atoms. The number of carbonyl (C=O) groups excluding carboxylic acids is 1. The maximum Gasteiger partial charge on any atom is 0.234 e. The average Bonchev–Trinajstić information content (AvgIpc) is 2.73. The van der Waals surface area contributed by atoms with Crippen LogP contribution in [0.5, 0.6) is 5.75 Å². The highest BCUT2D eigenvalue weighted by atomic mass is 79.9. The second kappa shape index (κ2) is 5.53. The highest BCUT2D eigenvalue weighted by molar-refractivity contribution is 9.10. The first-order valence-electron chi connectivity index (χ1n) is 6.80. The molecule has 1 aliphatic heterocycles. The Bertz CT molecular complexity index is 699. The molecule has 4 heteroatoms. The molecule has 0 spiro atoms. The number of ether oxygens (including phenoxy) is 1. The summed E-state index contributed by atoms with van der Waals surface area (Å²) in [7, 11) is 3.49. The highest BCUT2D eigenvalue weighted by Gasteiger charge is 2.35. The molecule has 0 N–H and O–H groups in total. The molecule has 0 radical (unpaired) electrons. The molecule has 0 saturated heterocycles. The molecule has 1 aliphatic rings. The maximum atomic E-state index is 12.5. The van der Waals surface area contributed by atoms with Gasteiger partial charge in [-0.15, -0.1) is 0 Å². The first kappa shape index (κ1) is 14.1. The number of nitrogens with zero attached hydrogens (tertiary/aromatic N) is 1. The largest absolute Gasteiger partial charge is 0.496 e. The smallest absolute Gasteiger partial charge is 0.234 e. The zero-order valence-corrected chi connectivity index (χ0v) is 13.6. The molecule has 1 atom stereocenters. The van der Waals surface area contributed by atoms with Gasteiger partial charge in [0.1, 0.15) is 5.75 Å². The fraction of sp³-hybridized carbons (Fsp3) is 0.235. The number of likely N-dealkylation sites (N-methyl/N-ethyl adjacent to an activating group) is 1. The Morgan fingerprint density at radius 1 is 1.24 bits per heavy atom. The van der Waals surface area contributed by atoms with Crippen LogP contribution in [-0.2, 0) is 11.2 Å². The molecule has 0 saturated carbocycles. The van der Waals surface area contributed by atoms with Gasteiger partial charge >= 0.3 is 0 Å². The van der Waals surface area contributed by atoms with Gasteiger partial charge in [-0.05, 0) is 41.8 Å². The lowest BCUT2D eigenvalue weighted by Crippen LogP contribution is -2.25. The Balaban J connectivity index is 1.99. The molecule has 108 valence electrons. The van der Waals surface area contributed by atoms with Gasteiger partial charge in [0.2, 0.25) is 5.91 Å². The van der Waals surface area contributed by atoms with Crippen molar-refractivity contribution in [1.29, 1.82) is 0 Å². The standard InChI is InChI=1S/C17H16BrNO2/c1-19-15-6-4-3-5-13(15)14(17(19)20)10-11-9-12(18)7-8-16(11)21-2/h3-9,14H,10H2,1-2H3/t14-/m1/s1. The van der Waals surface area contributed by atoms with Gasteiger partial charge in [0, 0.05) is 17.2 Å². The Hall–Kier alpha value is -1.81. The predicted molar refractivity (Wildman–Crippen MR) is 87.0 cm³/mol. The van der Waals surface area contributed by atoms with Crippen LogP contribution >= 0.6 is 15.9 Å². The molecule has 3 nitrogen and oxygen atoms in total. The summed E-state index contributed by atoms with van der Waals surface area (Å²) >= 11 is 3.48. The van der Waals surface area contributed by atoms with Crippen LogP contribution in [0.2, 0.25) is 0 Å². The van der Waals surface area contributed by atoms with Crippen LogP contribution in [0.3, 0.4) is 0 Å². The summed E-state index contributed by atoms with van der Waals surface area (Å²) in [6.45, 7) is 0. The van der Waals surface area contributed by atoms with Crippen LogP contribution in [0, 0.1) is 0 Å². The van der Waals surface area contributed by atoms with Crippen LogP contribution in [0.15, 0.2) is 46.9 Å². The summed E-state index contributed by atoms with van der Waals surface area (Å²) in [6.07, 6.45) is 0.642. The summed E-state index contributed by atoms with van der Waals surface area (Å²) in [5.74, 6) is 0.811. The third kappa shape index (κ3) is 2.44. The number of hydrogen-bond donors (Lipinski definition) is 0. The first-order chi connectivity index (χ1) is 10.1. The number of methoxy groups -OCH3 is 1. The average molecular weight is 346 g/mol. The third-order valence-electron chi connectivity index (χ3n) is 3.97. The lowest BCUT2D eigenvalue weighted by atomic mass is 9.93. The Labute approximate surface area is 132 Å². The van der Waals surface area contributed by atoms with E-state index in [-0.39, 0.29) is 11.8 Å². The molecule has 1 heterocycles. The minimum atomic E-state index is -0.144. The van der Waals surface area contributed by atoms with Crippen LogP contribution in [-0.4, -0.2) is 20.1 Å². The van der Waals surface area contributed by atoms with Crippen molar-refractivity contribution in [1.82, 2.24) is 0 Å². The van der Waals surface area contributed by atoms with E-state index in [1.54, 1.807) is 12.0 Å². The van der Waals surface area contributed by atoms with Crippen molar-refractivity contribution in [2.75, 3.05) is 19.1 Å². The van der Waals surface area contributed by atoms with E-state index in [1.807, 2.05) is 49.5 Å². The van der Waals surface area contributed by atoms with E-state index in [9.17, 15) is 4.79 Å². The Morgan fingerprint density at radius 2 is 2.00 bits per heavy atom. The van der Waals surface area contributed by atoms with Crippen LogP contribution in [0.4, 0.5) is 5.69 Å². The Morgan fingerprint density at radius 3 is 2.76 bits per heavy atom. The predicted octanol–water partition coefficient (Wildman–Crippen LogP) is 3.76. The van der Waals surface area contributed by atoms with Crippen molar-refractivity contribution in [2.24, 2.45) is 0 Å². The SMILES string of the molecule is COc1ccc(Br)cc1C[C@H]1C(=O)N(C)c2ccccc21. The van der Waals surface area contributed by atoms with E-state index < -0.39 is 0 Å². The number of fused-ring (bicyclic) bond motifs is 1. The molecule has 0 aromatic heterocycles. The molecule has 0 aliphatic carbocycles. The summed E-state index contributed by atoms with van der Waals surface area (Å²) in [5, 5.41) is 0. The molecule has 0 unspecified atom stereocenters. The Kier molecular flexibility index (Phi) is 3.72. The summed E-state index contributed by atoms with van der Waals surface area (Å²) in [5.41, 5.74) is 3.13. The van der Waals surface area contributed by atoms with E-state index in [2.05, 4.69) is 15.9 Å². The molecule has 0 fully saturated rings. The van der Waals surface area contributed by atoms with Gasteiger partial charge in [-0.1, -0.05) is 34.1 Å². The molecule has 1 amide bonds. The minimum Gasteiger partial charge on any atom is -0.496 e. The highest BCUT2D eigenvalue weighted by Crippen LogP contribution is 2.39. The van der Waals surface area contributed by atoms with E-state index >= 15 is 0 Å². The second-order valence-corrected chi connectivity index (χ2v) is 6.08. The van der Waals surface area contributed by atoms with Crippen molar-refractivity contribution < 1.29 is 9.53 Å². The third-order valence-corrected chi connectivity index (χ3v) is 4.46. The van der Waals surface area contributed by atoms with Gasteiger partial charge in [0.25, 0.3) is 0 Å². The number of amides is 1. The van der Waals surface area contributed by atoms with Gasteiger partial charge in [-0.3, -0.25) is 4.79 Å². The van der Waals surface area contributed by atoms with Crippen molar-refractivity contribution in [3.63, 3.8) is 0 Å². The van der Waals surface area contributed by atoms with Crippen molar-refractivity contribution in [2.45, 2.75) is 12.3 Å².